The predicted octanol–water partition coefficient (Wildman–Crippen LogP) is -0.818. The van der Waals surface area contributed by atoms with Gasteiger partial charge >= 0.3 is 5.97 Å². The van der Waals surface area contributed by atoms with E-state index >= 15 is 0 Å². The number of methoxy groups -OCH3 is 1. The van der Waals surface area contributed by atoms with Crippen molar-refractivity contribution in [1.82, 2.24) is 0 Å². The summed E-state index contributed by atoms with van der Waals surface area (Å²) >= 11 is 0. The minimum atomic E-state index is -0.145. The summed E-state index contributed by atoms with van der Waals surface area (Å²) in [5, 5.41) is 0. The molecule has 0 aliphatic heterocycles. The number of carbonyl (C=O) groups is 1. The SMILES string of the molecule is COC(=O)CCC[NH3+]. The van der Waals surface area contributed by atoms with Crippen LogP contribution in [0.1, 0.15) is 12.8 Å². The highest BCUT2D eigenvalue weighted by Gasteiger charge is 1.96. The van der Waals surface area contributed by atoms with Crippen LogP contribution in [0.4, 0.5) is 0 Å². The normalized spacial score (nSPS) is 8.75. The van der Waals surface area contributed by atoms with E-state index in [2.05, 4.69) is 10.5 Å². The molecular formula is C5H12NO2+. The third-order valence-electron chi connectivity index (χ3n) is 0.859. The minimum Gasteiger partial charge on any atom is -0.469 e. The third-order valence-corrected chi connectivity index (χ3v) is 0.859. The lowest BCUT2D eigenvalue weighted by molar-refractivity contribution is -0.368. The van der Waals surface area contributed by atoms with Crippen LogP contribution >= 0.6 is 0 Å². The molecule has 0 amide bonds. The summed E-state index contributed by atoms with van der Waals surface area (Å²) < 4.78 is 4.39. The first kappa shape index (κ1) is 7.43. The molecule has 0 rings (SSSR count). The first-order chi connectivity index (χ1) is 3.81. The smallest absolute Gasteiger partial charge is 0.305 e. The summed E-state index contributed by atoms with van der Waals surface area (Å²) in [6.07, 6.45) is 1.33. The van der Waals surface area contributed by atoms with Crippen LogP contribution < -0.4 is 5.73 Å². The maximum Gasteiger partial charge on any atom is 0.305 e. The Hall–Kier alpha value is -0.570. The Labute approximate surface area is 48.8 Å². The second-order valence-electron chi connectivity index (χ2n) is 1.53. The van der Waals surface area contributed by atoms with Crippen molar-refractivity contribution in [3.05, 3.63) is 0 Å². The maximum atomic E-state index is 10.3. The second kappa shape index (κ2) is 4.59. The Morgan fingerprint density at radius 1 is 1.75 bits per heavy atom. The van der Waals surface area contributed by atoms with E-state index in [0.717, 1.165) is 13.0 Å². The topological polar surface area (TPSA) is 53.9 Å². The summed E-state index contributed by atoms with van der Waals surface area (Å²) in [6, 6.07) is 0. The molecular weight excluding hydrogens is 106 g/mol. The lowest BCUT2D eigenvalue weighted by Gasteiger charge is -1.92. The Morgan fingerprint density at radius 3 is 2.75 bits per heavy atom. The van der Waals surface area contributed by atoms with Gasteiger partial charge in [-0.1, -0.05) is 0 Å². The zero-order chi connectivity index (χ0) is 6.41. The number of quaternary nitrogens is 1. The molecule has 0 unspecified atom stereocenters. The van der Waals surface area contributed by atoms with Crippen LogP contribution in [0.2, 0.25) is 0 Å². The first-order valence-electron chi connectivity index (χ1n) is 2.67. The largest absolute Gasteiger partial charge is 0.469 e. The van der Waals surface area contributed by atoms with Crippen LogP contribution in [0, 0.1) is 0 Å². The standard InChI is InChI=1S/C5H11NO2/c1-8-5(7)3-2-4-6/h2-4,6H2,1H3/p+1. The molecule has 0 aromatic rings. The molecule has 0 saturated heterocycles. The van der Waals surface area contributed by atoms with E-state index in [1.54, 1.807) is 0 Å². The Kier molecular flexibility index (Phi) is 4.26. The maximum absolute atomic E-state index is 10.3. The molecule has 3 heteroatoms. The van der Waals surface area contributed by atoms with Crippen molar-refractivity contribution < 1.29 is 15.3 Å². The van der Waals surface area contributed by atoms with E-state index in [1.807, 2.05) is 0 Å². The predicted molar refractivity (Wildman–Crippen MR) is 29.0 cm³/mol. The van der Waals surface area contributed by atoms with Crippen molar-refractivity contribution in [1.29, 1.82) is 0 Å². The molecule has 0 heterocycles. The van der Waals surface area contributed by atoms with Gasteiger partial charge in [-0.2, -0.15) is 0 Å². The molecule has 0 aliphatic rings. The zero-order valence-electron chi connectivity index (χ0n) is 5.14. The number of esters is 1. The van der Waals surface area contributed by atoms with Crippen LogP contribution in [-0.2, 0) is 9.53 Å². The van der Waals surface area contributed by atoms with Crippen LogP contribution in [0.25, 0.3) is 0 Å². The fourth-order valence-electron chi connectivity index (χ4n) is 0.371. The van der Waals surface area contributed by atoms with Crippen LogP contribution in [-0.4, -0.2) is 19.6 Å². The highest BCUT2D eigenvalue weighted by atomic mass is 16.5. The number of carbonyl (C=O) groups excluding carboxylic acids is 1. The van der Waals surface area contributed by atoms with Crippen molar-refractivity contribution in [3.63, 3.8) is 0 Å². The van der Waals surface area contributed by atoms with Gasteiger partial charge in [0.25, 0.3) is 0 Å². The molecule has 0 radical (unpaired) electrons. The van der Waals surface area contributed by atoms with Gasteiger partial charge in [0.05, 0.1) is 20.1 Å². The fourth-order valence-corrected chi connectivity index (χ4v) is 0.371. The molecule has 0 aromatic carbocycles. The number of hydrogen-bond donors (Lipinski definition) is 1. The Bertz CT molecular complexity index is 72.8. The van der Waals surface area contributed by atoms with E-state index in [9.17, 15) is 4.79 Å². The summed E-state index contributed by atoms with van der Waals surface area (Å²) in [5.74, 6) is -0.145. The van der Waals surface area contributed by atoms with Gasteiger partial charge in [0.2, 0.25) is 0 Å². The van der Waals surface area contributed by atoms with Crippen LogP contribution in [0.5, 0.6) is 0 Å². The molecule has 0 atom stereocenters. The van der Waals surface area contributed by atoms with Crippen molar-refractivity contribution in [3.8, 4) is 0 Å². The Morgan fingerprint density at radius 2 is 2.38 bits per heavy atom. The minimum absolute atomic E-state index is 0.145. The van der Waals surface area contributed by atoms with E-state index in [-0.39, 0.29) is 5.97 Å². The second-order valence-corrected chi connectivity index (χ2v) is 1.53. The fraction of sp³-hybridized carbons (Fsp3) is 0.800. The monoisotopic (exact) mass is 118 g/mol. The van der Waals surface area contributed by atoms with Gasteiger partial charge in [-0.25, -0.2) is 0 Å². The first-order valence-corrected chi connectivity index (χ1v) is 2.67. The lowest BCUT2D eigenvalue weighted by Crippen LogP contribution is -2.50. The quantitative estimate of drug-likeness (QED) is 0.492. The molecule has 8 heavy (non-hydrogen) atoms. The Balaban J connectivity index is 2.99. The van der Waals surface area contributed by atoms with Crippen LogP contribution in [0.15, 0.2) is 0 Å². The molecule has 0 aliphatic carbocycles. The molecule has 0 bridgehead atoms. The number of ether oxygens (including phenoxy) is 1. The summed E-state index contributed by atoms with van der Waals surface area (Å²) in [7, 11) is 1.39. The van der Waals surface area contributed by atoms with Crippen molar-refractivity contribution in [2.45, 2.75) is 12.8 Å². The number of hydrogen-bond acceptors (Lipinski definition) is 2. The average molecular weight is 118 g/mol. The van der Waals surface area contributed by atoms with Crippen molar-refractivity contribution in [2.75, 3.05) is 13.7 Å². The lowest BCUT2D eigenvalue weighted by atomic mass is 10.3. The highest BCUT2D eigenvalue weighted by molar-refractivity contribution is 5.68. The van der Waals surface area contributed by atoms with E-state index in [1.165, 1.54) is 7.11 Å². The molecule has 0 saturated carbocycles. The molecule has 0 spiro atoms. The van der Waals surface area contributed by atoms with Gasteiger partial charge in [-0.05, 0) is 0 Å². The zero-order valence-corrected chi connectivity index (χ0v) is 5.14. The third kappa shape index (κ3) is 3.61. The van der Waals surface area contributed by atoms with Gasteiger partial charge < -0.3 is 10.5 Å². The van der Waals surface area contributed by atoms with Gasteiger partial charge in [0.1, 0.15) is 0 Å². The van der Waals surface area contributed by atoms with Gasteiger partial charge in [0.15, 0.2) is 0 Å². The van der Waals surface area contributed by atoms with Gasteiger partial charge in [0, 0.05) is 6.42 Å². The van der Waals surface area contributed by atoms with E-state index in [0.29, 0.717) is 6.42 Å². The van der Waals surface area contributed by atoms with Gasteiger partial charge in [-0.15, -0.1) is 0 Å². The molecule has 48 valence electrons. The van der Waals surface area contributed by atoms with Crippen molar-refractivity contribution in [2.24, 2.45) is 0 Å². The number of rotatable bonds is 3. The van der Waals surface area contributed by atoms with Gasteiger partial charge in [-0.3, -0.25) is 4.79 Å². The van der Waals surface area contributed by atoms with E-state index < -0.39 is 0 Å². The summed E-state index contributed by atoms with van der Waals surface area (Å²) in [6.45, 7) is 0.801. The van der Waals surface area contributed by atoms with Crippen LogP contribution in [0.3, 0.4) is 0 Å². The van der Waals surface area contributed by atoms with E-state index in [4.69, 9.17) is 0 Å². The highest BCUT2D eigenvalue weighted by Crippen LogP contribution is 1.86. The average Bonchev–Trinajstić information content (AvgIpc) is 1.83. The van der Waals surface area contributed by atoms with Crippen molar-refractivity contribution >= 4 is 5.97 Å². The molecule has 3 nitrogen and oxygen atoms in total. The molecule has 3 N–H and O–H groups in total. The molecule has 0 fully saturated rings. The molecule has 0 aromatic heterocycles. The summed E-state index contributed by atoms with van der Waals surface area (Å²) in [5.41, 5.74) is 3.58. The summed E-state index contributed by atoms with van der Waals surface area (Å²) in [4.78, 5) is 10.3.